The number of para-hydroxylation sites is 1. The number of ether oxygens (including phenoxy) is 2. The molecule has 8 heteroatoms. The number of hydrogen-bond donors (Lipinski definition) is 2. The first-order valence-corrected chi connectivity index (χ1v) is 10.4. The first-order chi connectivity index (χ1) is 14.4. The topological polar surface area (TPSA) is 89.8 Å². The largest absolute Gasteiger partial charge is 0.488 e. The molecule has 1 aliphatic rings. The van der Waals surface area contributed by atoms with E-state index in [1.165, 1.54) is 17.6 Å². The second kappa shape index (κ2) is 8.23. The second-order valence-corrected chi connectivity index (χ2v) is 8.57. The van der Waals surface area contributed by atoms with Gasteiger partial charge in [-0.3, -0.25) is 9.59 Å². The van der Waals surface area contributed by atoms with Gasteiger partial charge in [0.05, 0.1) is 22.7 Å². The number of hydrogen-bond acceptors (Lipinski definition) is 6. The van der Waals surface area contributed by atoms with E-state index in [2.05, 4.69) is 10.6 Å². The zero-order chi connectivity index (χ0) is 21.1. The van der Waals surface area contributed by atoms with Gasteiger partial charge in [-0.2, -0.15) is 0 Å². The van der Waals surface area contributed by atoms with Crippen LogP contribution in [0.1, 0.15) is 39.6 Å². The highest BCUT2D eigenvalue weighted by atomic mass is 32.1. The monoisotopic (exact) mass is 426 g/mol. The fourth-order valence-corrected chi connectivity index (χ4v) is 4.04. The fourth-order valence-electron chi connectivity index (χ4n) is 3.22. The van der Waals surface area contributed by atoms with Gasteiger partial charge in [-0.1, -0.05) is 12.1 Å². The van der Waals surface area contributed by atoms with Crippen molar-refractivity contribution >= 4 is 28.2 Å². The van der Waals surface area contributed by atoms with Gasteiger partial charge in [-0.05, 0) is 44.2 Å². The number of carbonyl (C=O) groups excluding carboxylic acids is 2. The lowest BCUT2D eigenvalue weighted by atomic mass is 10.0. The first kappa shape index (κ1) is 20.0. The van der Waals surface area contributed by atoms with Gasteiger partial charge in [0.1, 0.15) is 12.2 Å². The Bertz CT molecular complexity index is 1060. The Morgan fingerprint density at radius 2 is 2.00 bits per heavy atom. The normalized spacial score (nSPS) is 13.9. The standard InChI is InChI=1S/C22H22N2O5S/c1-22(2)13-14-5-3-6-15(19(14)29-22)28-12-10-23-21(26)17-8-9-18(30-17)24-20(25)16-7-4-11-27-16/h3-9,11H,10,12-13H2,1-2H3,(H,23,26)(H,24,25). The van der Waals surface area contributed by atoms with Crippen LogP contribution >= 0.6 is 11.3 Å². The van der Waals surface area contributed by atoms with E-state index in [1.807, 2.05) is 32.0 Å². The third kappa shape index (κ3) is 4.49. The summed E-state index contributed by atoms with van der Waals surface area (Å²) >= 11 is 1.19. The molecule has 0 unspecified atom stereocenters. The quantitative estimate of drug-likeness (QED) is 0.555. The molecule has 1 aromatic carbocycles. The summed E-state index contributed by atoms with van der Waals surface area (Å²) in [5.74, 6) is 1.10. The van der Waals surface area contributed by atoms with Crippen molar-refractivity contribution in [1.82, 2.24) is 5.32 Å². The number of nitrogens with one attached hydrogen (secondary N) is 2. The molecule has 7 nitrogen and oxygen atoms in total. The summed E-state index contributed by atoms with van der Waals surface area (Å²) in [6.07, 6.45) is 2.27. The van der Waals surface area contributed by atoms with Crippen LogP contribution in [0, 0.1) is 0 Å². The number of furan rings is 1. The van der Waals surface area contributed by atoms with Crippen molar-refractivity contribution < 1.29 is 23.5 Å². The van der Waals surface area contributed by atoms with Crippen LogP contribution < -0.4 is 20.1 Å². The van der Waals surface area contributed by atoms with E-state index in [1.54, 1.807) is 24.3 Å². The van der Waals surface area contributed by atoms with E-state index in [-0.39, 0.29) is 23.2 Å². The molecule has 0 fully saturated rings. The molecule has 1 aliphatic heterocycles. The summed E-state index contributed by atoms with van der Waals surface area (Å²) in [5.41, 5.74) is 0.892. The van der Waals surface area contributed by atoms with E-state index >= 15 is 0 Å². The van der Waals surface area contributed by atoms with Crippen LogP contribution in [0.25, 0.3) is 0 Å². The maximum absolute atomic E-state index is 12.3. The Kier molecular flexibility index (Phi) is 5.50. The minimum atomic E-state index is -0.358. The smallest absolute Gasteiger partial charge is 0.291 e. The number of anilines is 1. The maximum Gasteiger partial charge on any atom is 0.291 e. The van der Waals surface area contributed by atoms with E-state index in [0.29, 0.717) is 28.8 Å². The summed E-state index contributed by atoms with van der Waals surface area (Å²) in [5, 5.41) is 6.09. The van der Waals surface area contributed by atoms with Gasteiger partial charge in [0.25, 0.3) is 11.8 Å². The lowest BCUT2D eigenvalue weighted by Gasteiger charge is -2.18. The molecule has 2 aromatic heterocycles. The predicted molar refractivity (Wildman–Crippen MR) is 114 cm³/mol. The van der Waals surface area contributed by atoms with Crippen LogP contribution in [0.4, 0.5) is 5.00 Å². The zero-order valence-corrected chi connectivity index (χ0v) is 17.5. The molecule has 0 bridgehead atoms. The number of rotatable bonds is 7. The van der Waals surface area contributed by atoms with Crippen molar-refractivity contribution in [2.24, 2.45) is 0 Å². The molecule has 4 rings (SSSR count). The van der Waals surface area contributed by atoms with Crippen molar-refractivity contribution in [3.05, 3.63) is 64.9 Å². The molecule has 3 aromatic rings. The van der Waals surface area contributed by atoms with Crippen molar-refractivity contribution in [3.63, 3.8) is 0 Å². The third-order valence-corrected chi connectivity index (χ3v) is 5.51. The molecular formula is C22H22N2O5S. The molecule has 0 saturated carbocycles. The Morgan fingerprint density at radius 3 is 2.80 bits per heavy atom. The fraction of sp³-hybridized carbons (Fsp3) is 0.273. The van der Waals surface area contributed by atoms with Gasteiger partial charge in [-0.15, -0.1) is 11.3 Å². The van der Waals surface area contributed by atoms with Crippen LogP contribution in [-0.2, 0) is 6.42 Å². The Morgan fingerprint density at radius 1 is 1.13 bits per heavy atom. The Labute approximate surface area is 178 Å². The molecule has 0 atom stereocenters. The summed E-state index contributed by atoms with van der Waals surface area (Å²) < 4.78 is 16.9. The molecule has 0 radical (unpaired) electrons. The summed E-state index contributed by atoms with van der Waals surface area (Å²) in [6, 6.07) is 12.4. The summed E-state index contributed by atoms with van der Waals surface area (Å²) in [4.78, 5) is 24.8. The van der Waals surface area contributed by atoms with Crippen molar-refractivity contribution in [2.75, 3.05) is 18.5 Å². The van der Waals surface area contributed by atoms with E-state index in [4.69, 9.17) is 13.9 Å². The molecule has 0 spiro atoms. The summed E-state index contributed by atoms with van der Waals surface area (Å²) in [7, 11) is 0. The van der Waals surface area contributed by atoms with Crippen LogP contribution in [-0.4, -0.2) is 30.6 Å². The molecule has 3 heterocycles. The lowest BCUT2D eigenvalue weighted by Crippen LogP contribution is -2.27. The minimum Gasteiger partial charge on any atom is -0.488 e. The Hall–Kier alpha value is -3.26. The van der Waals surface area contributed by atoms with E-state index in [9.17, 15) is 9.59 Å². The van der Waals surface area contributed by atoms with E-state index < -0.39 is 0 Å². The van der Waals surface area contributed by atoms with Crippen molar-refractivity contribution in [2.45, 2.75) is 25.9 Å². The first-order valence-electron chi connectivity index (χ1n) is 9.58. The highest BCUT2D eigenvalue weighted by molar-refractivity contribution is 7.18. The van der Waals surface area contributed by atoms with Gasteiger partial charge < -0.3 is 24.5 Å². The van der Waals surface area contributed by atoms with Gasteiger partial charge in [0.15, 0.2) is 17.3 Å². The second-order valence-electron chi connectivity index (χ2n) is 7.48. The number of amides is 2. The molecule has 0 saturated heterocycles. The minimum absolute atomic E-state index is 0.214. The van der Waals surface area contributed by atoms with Crippen LogP contribution in [0.3, 0.4) is 0 Å². The Balaban J connectivity index is 1.26. The SMILES string of the molecule is CC1(C)Cc2cccc(OCCNC(=O)c3ccc(NC(=O)c4ccco4)s3)c2O1. The number of fused-ring (bicyclic) bond motifs is 1. The number of thiophene rings is 1. The van der Waals surface area contributed by atoms with Crippen LogP contribution in [0.15, 0.2) is 53.1 Å². The average Bonchev–Trinajstić information content (AvgIpc) is 3.43. The van der Waals surface area contributed by atoms with Crippen molar-refractivity contribution in [1.29, 1.82) is 0 Å². The molecule has 2 N–H and O–H groups in total. The number of carbonyl (C=O) groups is 2. The molecule has 2 amide bonds. The van der Waals surface area contributed by atoms with Gasteiger partial charge in [-0.25, -0.2) is 0 Å². The van der Waals surface area contributed by atoms with Crippen LogP contribution in [0.5, 0.6) is 11.5 Å². The molecule has 0 aliphatic carbocycles. The van der Waals surface area contributed by atoms with E-state index in [0.717, 1.165) is 17.7 Å². The lowest BCUT2D eigenvalue weighted by molar-refractivity contribution is 0.0949. The van der Waals surface area contributed by atoms with Gasteiger partial charge in [0, 0.05) is 12.0 Å². The molecular weight excluding hydrogens is 404 g/mol. The van der Waals surface area contributed by atoms with Gasteiger partial charge in [0.2, 0.25) is 0 Å². The maximum atomic E-state index is 12.3. The van der Waals surface area contributed by atoms with Crippen molar-refractivity contribution in [3.8, 4) is 11.5 Å². The molecule has 30 heavy (non-hydrogen) atoms. The average molecular weight is 426 g/mol. The third-order valence-electron chi connectivity index (χ3n) is 4.51. The number of benzene rings is 1. The predicted octanol–water partition coefficient (Wildman–Crippen LogP) is 4.12. The van der Waals surface area contributed by atoms with Gasteiger partial charge >= 0.3 is 0 Å². The summed E-state index contributed by atoms with van der Waals surface area (Å²) in [6.45, 7) is 4.75. The van der Waals surface area contributed by atoms with Crippen LogP contribution in [0.2, 0.25) is 0 Å². The highest BCUT2D eigenvalue weighted by Gasteiger charge is 2.32. The highest BCUT2D eigenvalue weighted by Crippen LogP contribution is 2.41. The molecule has 156 valence electrons. The zero-order valence-electron chi connectivity index (χ0n) is 16.7.